The molecule has 236 valence electrons. The summed E-state index contributed by atoms with van der Waals surface area (Å²) in [7, 11) is 0. The van der Waals surface area contributed by atoms with E-state index in [4.69, 9.17) is 11.5 Å². The number of nitrogens with two attached hydrogens (primary N) is 2. The second-order valence-corrected chi connectivity index (χ2v) is 11.6. The highest BCUT2D eigenvalue weighted by Gasteiger charge is 2.30. The zero-order chi connectivity index (χ0) is 31.8. The van der Waals surface area contributed by atoms with Crippen molar-refractivity contribution in [1.82, 2.24) is 21.3 Å². The normalized spacial score (nSPS) is 15.4. The van der Waals surface area contributed by atoms with Gasteiger partial charge in [-0.3, -0.25) is 24.0 Å². The maximum Gasteiger partial charge on any atom is 0.225 e. The molecule has 1 rings (SSSR count). The van der Waals surface area contributed by atoms with Gasteiger partial charge >= 0.3 is 0 Å². The average Bonchev–Trinajstić information content (AvgIpc) is 2.92. The number of hydrogen-bond donors (Lipinski definition) is 6. The molecule has 0 saturated carbocycles. The fourth-order valence-corrected chi connectivity index (χ4v) is 4.80. The fourth-order valence-electron chi connectivity index (χ4n) is 4.80. The van der Waals surface area contributed by atoms with Gasteiger partial charge in [0.25, 0.3) is 0 Å². The number of carbonyl (C=O) groups is 5. The molecule has 6 atom stereocenters. The van der Waals surface area contributed by atoms with Crippen molar-refractivity contribution in [3.05, 3.63) is 35.9 Å². The van der Waals surface area contributed by atoms with E-state index in [0.717, 1.165) is 18.4 Å². The van der Waals surface area contributed by atoms with E-state index in [9.17, 15) is 24.0 Å². The highest BCUT2D eigenvalue weighted by Crippen LogP contribution is 2.15. The van der Waals surface area contributed by atoms with Gasteiger partial charge in [0.1, 0.15) is 0 Å². The van der Waals surface area contributed by atoms with E-state index in [2.05, 4.69) is 21.3 Å². The van der Waals surface area contributed by atoms with Crippen LogP contribution < -0.4 is 32.7 Å². The van der Waals surface area contributed by atoms with Crippen LogP contribution in [-0.2, 0) is 30.4 Å². The van der Waals surface area contributed by atoms with E-state index in [0.29, 0.717) is 19.4 Å². The van der Waals surface area contributed by atoms with Gasteiger partial charge in [0, 0.05) is 38.0 Å². The van der Waals surface area contributed by atoms with Crippen molar-refractivity contribution in [3.8, 4) is 0 Å². The molecule has 0 aromatic heterocycles. The molecule has 0 aliphatic rings. The Morgan fingerprint density at radius 3 is 2.02 bits per heavy atom. The number of rotatable bonds is 19. The van der Waals surface area contributed by atoms with E-state index >= 15 is 0 Å². The summed E-state index contributed by atoms with van der Waals surface area (Å²) in [6.07, 6.45) is 2.43. The van der Waals surface area contributed by atoms with Gasteiger partial charge in [-0.25, -0.2) is 0 Å². The summed E-state index contributed by atoms with van der Waals surface area (Å²) in [5, 5.41) is 11.6. The summed E-state index contributed by atoms with van der Waals surface area (Å²) in [6, 6.07) is 8.24. The van der Waals surface area contributed by atoms with Crippen molar-refractivity contribution in [2.75, 3.05) is 13.1 Å². The van der Waals surface area contributed by atoms with Gasteiger partial charge < -0.3 is 32.7 Å². The van der Waals surface area contributed by atoms with E-state index in [1.807, 2.05) is 44.2 Å². The summed E-state index contributed by atoms with van der Waals surface area (Å²) in [5.41, 5.74) is 12.0. The number of primary amides is 1. The Kier molecular flexibility index (Phi) is 16.4. The SMILES string of the molecule is CC(=O)N[C@@H](C(C)C)[C@@H](C)C(=O)NC[C@H](Cc1ccccc1)C(=O)N[C@H](CCCCN)CC(=O)N[C@@H](C)[C@@H](C)C(N)=O. The smallest absolute Gasteiger partial charge is 0.225 e. The number of benzene rings is 1. The van der Waals surface area contributed by atoms with E-state index in [-0.39, 0.29) is 48.6 Å². The van der Waals surface area contributed by atoms with Gasteiger partial charge in [-0.05, 0) is 44.2 Å². The predicted molar refractivity (Wildman–Crippen MR) is 164 cm³/mol. The minimum absolute atomic E-state index is 0.0281. The third kappa shape index (κ3) is 13.5. The van der Waals surface area contributed by atoms with E-state index in [1.165, 1.54) is 6.92 Å². The van der Waals surface area contributed by atoms with Crippen molar-refractivity contribution in [1.29, 1.82) is 0 Å². The lowest BCUT2D eigenvalue weighted by Gasteiger charge is -2.28. The van der Waals surface area contributed by atoms with Crippen molar-refractivity contribution in [3.63, 3.8) is 0 Å². The third-order valence-electron chi connectivity index (χ3n) is 7.63. The van der Waals surface area contributed by atoms with Crippen LogP contribution in [0.5, 0.6) is 0 Å². The highest BCUT2D eigenvalue weighted by atomic mass is 16.2. The van der Waals surface area contributed by atoms with E-state index < -0.39 is 35.7 Å². The van der Waals surface area contributed by atoms with Gasteiger partial charge in [-0.1, -0.05) is 64.4 Å². The number of nitrogens with one attached hydrogen (secondary N) is 4. The molecule has 0 fully saturated rings. The molecule has 0 unspecified atom stereocenters. The van der Waals surface area contributed by atoms with Crippen LogP contribution in [0.25, 0.3) is 0 Å². The lowest BCUT2D eigenvalue weighted by Crippen LogP contribution is -2.50. The molecule has 42 heavy (non-hydrogen) atoms. The molecular weight excluding hydrogens is 536 g/mol. The zero-order valence-electron chi connectivity index (χ0n) is 26.1. The molecule has 11 nitrogen and oxygen atoms in total. The Balaban J connectivity index is 3.04. The minimum Gasteiger partial charge on any atom is -0.369 e. The van der Waals surface area contributed by atoms with Crippen LogP contribution in [0.3, 0.4) is 0 Å². The second kappa shape index (κ2) is 18.9. The van der Waals surface area contributed by atoms with Gasteiger partial charge in [-0.15, -0.1) is 0 Å². The van der Waals surface area contributed by atoms with Crippen LogP contribution in [0.15, 0.2) is 30.3 Å². The first kappa shape index (κ1) is 36.6. The fraction of sp³-hybridized carbons (Fsp3) is 0.645. The highest BCUT2D eigenvalue weighted by molar-refractivity contribution is 5.84. The van der Waals surface area contributed by atoms with Crippen LogP contribution >= 0.6 is 0 Å². The number of hydrogen-bond acceptors (Lipinski definition) is 6. The first-order chi connectivity index (χ1) is 19.8. The first-order valence-corrected chi connectivity index (χ1v) is 14.9. The molecule has 8 N–H and O–H groups in total. The quantitative estimate of drug-likeness (QED) is 0.133. The monoisotopic (exact) mass is 588 g/mol. The van der Waals surface area contributed by atoms with Gasteiger partial charge in [0.05, 0.1) is 17.8 Å². The lowest BCUT2D eigenvalue weighted by atomic mass is 9.90. The molecule has 5 amide bonds. The summed E-state index contributed by atoms with van der Waals surface area (Å²) >= 11 is 0. The summed E-state index contributed by atoms with van der Waals surface area (Å²) in [6.45, 7) is 11.0. The number of amides is 5. The number of carbonyl (C=O) groups excluding carboxylic acids is 5. The molecule has 0 spiro atoms. The maximum absolute atomic E-state index is 13.6. The number of unbranched alkanes of at least 4 members (excludes halogenated alkanes) is 1. The topological polar surface area (TPSA) is 186 Å². The minimum atomic E-state index is -0.601. The molecular formula is C31H52N6O5. The molecule has 1 aromatic rings. The Morgan fingerprint density at radius 1 is 0.833 bits per heavy atom. The van der Waals surface area contributed by atoms with Crippen molar-refractivity contribution < 1.29 is 24.0 Å². The Labute approximate surface area is 250 Å². The average molecular weight is 589 g/mol. The summed E-state index contributed by atoms with van der Waals surface area (Å²) in [5.74, 6) is -3.17. The summed E-state index contributed by atoms with van der Waals surface area (Å²) in [4.78, 5) is 62.8. The van der Waals surface area contributed by atoms with E-state index in [1.54, 1.807) is 20.8 Å². The van der Waals surface area contributed by atoms with Gasteiger partial charge in [0.2, 0.25) is 29.5 Å². The van der Waals surface area contributed by atoms with Crippen molar-refractivity contribution >= 4 is 29.5 Å². The standard InChI is InChI=1S/C31H52N6O5/c1-19(2)28(36-23(6)38)21(4)30(41)34-18-25(16-24-12-8-7-9-13-24)31(42)37-26(14-10-11-15-32)17-27(39)35-22(5)20(3)29(33)40/h7-9,12-13,19-22,25-26,28H,10-11,14-18,32H2,1-6H3,(H2,33,40)(H,34,41)(H,35,39)(H,36,38)(H,37,42)/t20-,21-,22+,25+,26-,28+/m1/s1. The zero-order valence-corrected chi connectivity index (χ0v) is 26.1. The van der Waals surface area contributed by atoms with Crippen LogP contribution in [0.4, 0.5) is 0 Å². The molecule has 0 bridgehead atoms. The lowest BCUT2D eigenvalue weighted by molar-refractivity contribution is -0.128. The van der Waals surface area contributed by atoms with Gasteiger partial charge in [0.15, 0.2) is 0 Å². The maximum atomic E-state index is 13.6. The molecule has 0 saturated heterocycles. The Morgan fingerprint density at radius 2 is 1.48 bits per heavy atom. The molecule has 0 radical (unpaired) electrons. The molecule has 0 aliphatic carbocycles. The third-order valence-corrected chi connectivity index (χ3v) is 7.63. The van der Waals surface area contributed by atoms with Crippen LogP contribution in [0, 0.1) is 23.7 Å². The molecule has 0 heterocycles. The van der Waals surface area contributed by atoms with Gasteiger partial charge in [-0.2, -0.15) is 0 Å². The molecule has 11 heteroatoms. The molecule has 0 aliphatic heterocycles. The molecule has 1 aromatic carbocycles. The largest absolute Gasteiger partial charge is 0.369 e. The summed E-state index contributed by atoms with van der Waals surface area (Å²) < 4.78 is 0. The Bertz CT molecular complexity index is 1020. The van der Waals surface area contributed by atoms with Crippen LogP contribution in [0.2, 0.25) is 0 Å². The first-order valence-electron chi connectivity index (χ1n) is 14.9. The van der Waals surface area contributed by atoms with Crippen molar-refractivity contribution in [2.45, 2.75) is 91.8 Å². The van der Waals surface area contributed by atoms with Crippen molar-refractivity contribution in [2.24, 2.45) is 35.1 Å². The Hall–Kier alpha value is -3.47. The van der Waals surface area contributed by atoms with Crippen LogP contribution in [0.1, 0.15) is 72.8 Å². The predicted octanol–water partition coefficient (Wildman–Crippen LogP) is 1.39. The second-order valence-electron chi connectivity index (χ2n) is 11.6. The van der Waals surface area contributed by atoms with Crippen LogP contribution in [-0.4, -0.2) is 60.8 Å².